The molecule has 1 fully saturated rings. The molecule has 0 atom stereocenters. The van der Waals surface area contributed by atoms with Gasteiger partial charge < -0.3 is 0 Å². The van der Waals surface area contributed by atoms with E-state index in [0.29, 0.717) is 11.5 Å². The highest BCUT2D eigenvalue weighted by molar-refractivity contribution is 7.89. The second kappa shape index (κ2) is 8.78. The lowest BCUT2D eigenvalue weighted by molar-refractivity contribution is 0.272. The first-order chi connectivity index (χ1) is 14.0. The van der Waals surface area contributed by atoms with E-state index in [9.17, 15) is 16.8 Å². The van der Waals surface area contributed by atoms with E-state index in [-0.39, 0.29) is 36.0 Å². The van der Waals surface area contributed by atoms with Crippen LogP contribution in [0.1, 0.15) is 30.5 Å². The number of rotatable bonds is 6. The third kappa shape index (κ3) is 4.77. The van der Waals surface area contributed by atoms with Crippen LogP contribution in [0.3, 0.4) is 0 Å². The van der Waals surface area contributed by atoms with Crippen LogP contribution in [-0.4, -0.2) is 51.6 Å². The number of benzene rings is 2. The summed E-state index contributed by atoms with van der Waals surface area (Å²) in [7, 11) is -7.29. The highest BCUT2D eigenvalue weighted by atomic mass is 32.2. The Morgan fingerprint density at radius 2 is 1.33 bits per heavy atom. The van der Waals surface area contributed by atoms with E-state index in [1.165, 1.54) is 8.61 Å². The molecule has 0 unspecified atom stereocenters. The van der Waals surface area contributed by atoms with Crippen LogP contribution in [0.25, 0.3) is 0 Å². The summed E-state index contributed by atoms with van der Waals surface area (Å²) in [5.41, 5.74) is 2.81. The van der Waals surface area contributed by atoms with Crippen molar-refractivity contribution in [1.82, 2.24) is 8.61 Å². The van der Waals surface area contributed by atoms with Gasteiger partial charge in [0, 0.05) is 26.2 Å². The predicted octanol–water partition coefficient (Wildman–Crippen LogP) is 3.20. The van der Waals surface area contributed by atoms with E-state index in [0.717, 1.165) is 17.5 Å². The zero-order chi connectivity index (χ0) is 22.1. The standard InChI is InChI=1S/C22H30N2O4S2/c1-17(2)15-20-6-8-21(9-7-20)29(25,26)23-11-13-24(14-12-23)30(27,28)22-10-5-18(3)16-19(22)4/h5-10,16-17H,11-15H2,1-4H3. The van der Waals surface area contributed by atoms with Gasteiger partial charge in [-0.25, -0.2) is 16.8 Å². The number of sulfonamides is 2. The molecular weight excluding hydrogens is 420 g/mol. The maximum Gasteiger partial charge on any atom is 0.243 e. The SMILES string of the molecule is Cc1ccc(S(=O)(=O)N2CCN(S(=O)(=O)c3ccc(CC(C)C)cc3)CC2)c(C)c1. The van der Waals surface area contributed by atoms with E-state index < -0.39 is 20.0 Å². The van der Waals surface area contributed by atoms with Crippen molar-refractivity contribution < 1.29 is 16.8 Å². The molecule has 0 aliphatic carbocycles. The molecule has 1 heterocycles. The van der Waals surface area contributed by atoms with Gasteiger partial charge in [-0.15, -0.1) is 0 Å². The Labute approximate surface area is 180 Å². The maximum absolute atomic E-state index is 13.0. The van der Waals surface area contributed by atoms with E-state index in [4.69, 9.17) is 0 Å². The van der Waals surface area contributed by atoms with Crippen LogP contribution in [-0.2, 0) is 26.5 Å². The smallest absolute Gasteiger partial charge is 0.207 e. The highest BCUT2D eigenvalue weighted by Gasteiger charge is 2.34. The molecule has 1 aliphatic heterocycles. The minimum Gasteiger partial charge on any atom is -0.207 e. The molecule has 164 valence electrons. The van der Waals surface area contributed by atoms with Crippen LogP contribution < -0.4 is 0 Å². The minimum atomic E-state index is -3.65. The lowest BCUT2D eigenvalue weighted by atomic mass is 10.0. The molecular formula is C22H30N2O4S2. The van der Waals surface area contributed by atoms with Crippen molar-refractivity contribution in [3.63, 3.8) is 0 Å². The molecule has 0 aromatic heterocycles. The van der Waals surface area contributed by atoms with Crippen molar-refractivity contribution in [2.24, 2.45) is 5.92 Å². The first kappa shape index (κ1) is 22.9. The van der Waals surface area contributed by atoms with Crippen molar-refractivity contribution in [3.8, 4) is 0 Å². The Kier molecular flexibility index (Phi) is 6.72. The average Bonchev–Trinajstić information content (AvgIpc) is 2.68. The fraction of sp³-hybridized carbons (Fsp3) is 0.455. The molecule has 0 bridgehead atoms. The van der Waals surface area contributed by atoms with Crippen molar-refractivity contribution in [2.75, 3.05) is 26.2 Å². The van der Waals surface area contributed by atoms with E-state index in [2.05, 4.69) is 13.8 Å². The van der Waals surface area contributed by atoms with Gasteiger partial charge in [0.05, 0.1) is 9.79 Å². The lowest BCUT2D eigenvalue weighted by Crippen LogP contribution is -2.50. The van der Waals surface area contributed by atoms with Gasteiger partial charge in [-0.1, -0.05) is 43.7 Å². The van der Waals surface area contributed by atoms with E-state index >= 15 is 0 Å². The number of hydrogen-bond donors (Lipinski definition) is 0. The molecule has 2 aromatic carbocycles. The molecule has 0 radical (unpaired) electrons. The molecule has 0 saturated carbocycles. The second-order valence-corrected chi connectivity index (χ2v) is 12.2. The molecule has 0 amide bonds. The number of hydrogen-bond acceptors (Lipinski definition) is 4. The molecule has 6 nitrogen and oxygen atoms in total. The van der Waals surface area contributed by atoms with Gasteiger partial charge in [0.25, 0.3) is 0 Å². The first-order valence-corrected chi connectivity index (χ1v) is 13.1. The summed E-state index contributed by atoms with van der Waals surface area (Å²) in [4.78, 5) is 0.533. The molecule has 8 heteroatoms. The monoisotopic (exact) mass is 450 g/mol. The van der Waals surface area contributed by atoms with Crippen molar-refractivity contribution >= 4 is 20.0 Å². The first-order valence-electron chi connectivity index (χ1n) is 10.2. The van der Waals surface area contributed by atoms with Gasteiger partial charge in [-0.2, -0.15) is 8.61 Å². The Morgan fingerprint density at radius 1 is 0.800 bits per heavy atom. The third-order valence-corrected chi connectivity index (χ3v) is 9.32. The summed E-state index contributed by atoms with van der Waals surface area (Å²) in [6.45, 7) is 8.50. The predicted molar refractivity (Wildman–Crippen MR) is 118 cm³/mol. The average molecular weight is 451 g/mol. The van der Waals surface area contributed by atoms with E-state index in [1.807, 2.05) is 25.1 Å². The Morgan fingerprint density at radius 3 is 1.83 bits per heavy atom. The Hall–Kier alpha value is -1.74. The van der Waals surface area contributed by atoms with Gasteiger partial charge in [-0.3, -0.25) is 0 Å². The molecule has 3 rings (SSSR count). The van der Waals surface area contributed by atoms with Gasteiger partial charge >= 0.3 is 0 Å². The van der Waals surface area contributed by atoms with Crippen LogP contribution in [0.4, 0.5) is 0 Å². The van der Waals surface area contributed by atoms with Gasteiger partial charge in [-0.05, 0) is 55.5 Å². The third-order valence-electron chi connectivity index (χ3n) is 5.35. The van der Waals surface area contributed by atoms with Crippen LogP contribution in [0.5, 0.6) is 0 Å². The summed E-state index contributed by atoms with van der Waals surface area (Å²) < 4.78 is 54.8. The number of nitrogens with zero attached hydrogens (tertiary/aromatic N) is 2. The quantitative estimate of drug-likeness (QED) is 0.677. The molecule has 0 spiro atoms. The van der Waals surface area contributed by atoms with Crippen molar-refractivity contribution in [2.45, 2.75) is 43.9 Å². The summed E-state index contributed by atoms with van der Waals surface area (Å²) >= 11 is 0. The van der Waals surface area contributed by atoms with Gasteiger partial charge in [0.2, 0.25) is 20.0 Å². The van der Waals surface area contributed by atoms with Gasteiger partial charge in [0.15, 0.2) is 0 Å². The zero-order valence-corrected chi connectivity index (χ0v) is 19.6. The fourth-order valence-electron chi connectivity index (χ4n) is 3.80. The second-order valence-electron chi connectivity index (χ2n) is 8.32. The van der Waals surface area contributed by atoms with Crippen LogP contribution in [0.15, 0.2) is 52.3 Å². The molecule has 1 saturated heterocycles. The largest absolute Gasteiger partial charge is 0.243 e. The maximum atomic E-state index is 13.0. The zero-order valence-electron chi connectivity index (χ0n) is 18.0. The number of aryl methyl sites for hydroxylation is 2. The summed E-state index contributed by atoms with van der Waals surface area (Å²) in [6, 6.07) is 12.3. The van der Waals surface area contributed by atoms with Crippen LogP contribution >= 0.6 is 0 Å². The molecule has 1 aliphatic rings. The number of piperazine rings is 1. The lowest BCUT2D eigenvalue weighted by Gasteiger charge is -2.33. The summed E-state index contributed by atoms with van der Waals surface area (Å²) in [5, 5.41) is 0. The van der Waals surface area contributed by atoms with Crippen molar-refractivity contribution in [1.29, 1.82) is 0 Å². The van der Waals surface area contributed by atoms with Crippen LogP contribution in [0.2, 0.25) is 0 Å². The minimum absolute atomic E-state index is 0.139. The Balaban J connectivity index is 1.72. The Bertz CT molecular complexity index is 1100. The molecule has 0 N–H and O–H groups in total. The van der Waals surface area contributed by atoms with Crippen LogP contribution in [0, 0.1) is 19.8 Å². The van der Waals surface area contributed by atoms with E-state index in [1.54, 1.807) is 31.2 Å². The fourth-order valence-corrected chi connectivity index (χ4v) is 6.85. The van der Waals surface area contributed by atoms with Crippen molar-refractivity contribution in [3.05, 3.63) is 59.2 Å². The summed E-state index contributed by atoms with van der Waals surface area (Å²) in [6.07, 6.45) is 0.898. The molecule has 30 heavy (non-hydrogen) atoms. The highest BCUT2D eigenvalue weighted by Crippen LogP contribution is 2.24. The topological polar surface area (TPSA) is 74.8 Å². The molecule has 2 aromatic rings. The normalized spacial score (nSPS) is 16.8. The summed E-state index contributed by atoms with van der Waals surface area (Å²) in [5.74, 6) is 0.500. The van der Waals surface area contributed by atoms with Gasteiger partial charge in [0.1, 0.15) is 0 Å².